The molecule has 0 aromatic heterocycles. The Hall–Kier alpha value is 0.0700. The van der Waals surface area contributed by atoms with E-state index in [1.165, 1.54) is 0 Å². The van der Waals surface area contributed by atoms with Gasteiger partial charge in [-0.05, 0) is 19.4 Å². The molecule has 0 saturated heterocycles. The summed E-state index contributed by atoms with van der Waals surface area (Å²) in [5.41, 5.74) is 5.40. The van der Waals surface area contributed by atoms with Gasteiger partial charge in [-0.3, -0.25) is 4.21 Å². The lowest BCUT2D eigenvalue weighted by Crippen LogP contribution is -2.20. The fourth-order valence-corrected chi connectivity index (χ4v) is 2.14. The van der Waals surface area contributed by atoms with Crippen molar-refractivity contribution in [1.29, 1.82) is 0 Å². The highest BCUT2D eigenvalue weighted by Crippen LogP contribution is 2.00. The molecule has 0 heterocycles. The van der Waals surface area contributed by atoms with Crippen LogP contribution < -0.4 is 5.73 Å². The van der Waals surface area contributed by atoms with Gasteiger partial charge in [-0.1, -0.05) is 20.3 Å². The highest BCUT2D eigenvalue weighted by molar-refractivity contribution is 7.85. The first-order valence-corrected chi connectivity index (χ1v) is 6.75. The molecular weight excluding hydrogens is 198 g/mol. The van der Waals surface area contributed by atoms with Gasteiger partial charge in [-0.2, -0.15) is 0 Å². The predicted molar refractivity (Wildman–Crippen MR) is 61.9 cm³/mol. The van der Waals surface area contributed by atoms with Crippen molar-refractivity contribution in [1.82, 2.24) is 0 Å². The van der Waals surface area contributed by atoms with E-state index in [2.05, 4.69) is 6.92 Å². The van der Waals surface area contributed by atoms with E-state index in [1.54, 1.807) is 0 Å². The first-order valence-electron chi connectivity index (χ1n) is 5.37. The Morgan fingerprint density at radius 3 is 2.71 bits per heavy atom. The summed E-state index contributed by atoms with van der Waals surface area (Å²) in [5.74, 6) is 0.644. The zero-order valence-corrected chi connectivity index (χ0v) is 10.1. The second-order valence-corrected chi connectivity index (χ2v) is 5.41. The number of ether oxygens (including phenoxy) is 1. The molecule has 2 atom stereocenters. The summed E-state index contributed by atoms with van der Waals surface area (Å²) >= 11 is 0. The second kappa shape index (κ2) is 9.62. The molecule has 86 valence electrons. The minimum atomic E-state index is -0.775. The molecule has 3 nitrogen and oxygen atoms in total. The third kappa shape index (κ3) is 7.47. The van der Waals surface area contributed by atoms with Gasteiger partial charge in [0.15, 0.2) is 0 Å². The lowest BCUT2D eigenvalue weighted by atomic mass is 10.3. The van der Waals surface area contributed by atoms with Crippen molar-refractivity contribution in [2.45, 2.75) is 38.4 Å². The largest absolute Gasteiger partial charge is 0.380 e. The number of nitrogens with two attached hydrogens (primary N) is 1. The molecule has 0 fully saturated rings. The van der Waals surface area contributed by atoms with Crippen LogP contribution in [0.25, 0.3) is 0 Å². The zero-order valence-electron chi connectivity index (χ0n) is 9.33. The third-order valence-corrected chi connectivity index (χ3v) is 3.80. The van der Waals surface area contributed by atoms with E-state index >= 15 is 0 Å². The maximum atomic E-state index is 11.5. The van der Waals surface area contributed by atoms with Gasteiger partial charge in [0.05, 0.1) is 6.61 Å². The summed E-state index contributed by atoms with van der Waals surface area (Å²) in [6.45, 7) is 6.13. The Morgan fingerprint density at radius 1 is 1.43 bits per heavy atom. The molecule has 14 heavy (non-hydrogen) atoms. The van der Waals surface area contributed by atoms with Gasteiger partial charge >= 0.3 is 0 Å². The van der Waals surface area contributed by atoms with Gasteiger partial charge in [0.1, 0.15) is 0 Å². The second-order valence-electron chi connectivity index (χ2n) is 3.44. The van der Waals surface area contributed by atoms with Crippen molar-refractivity contribution in [2.75, 3.05) is 25.5 Å². The summed E-state index contributed by atoms with van der Waals surface area (Å²) in [6.07, 6.45) is 3.07. The van der Waals surface area contributed by atoms with Gasteiger partial charge in [0.2, 0.25) is 0 Å². The standard InChI is InChI=1S/C10H23NO2S/c1-3-4-7-13-8-9-14(12)10(2)5-6-11/h10H,3-9,11H2,1-2H3. The molecule has 0 aliphatic rings. The normalized spacial score (nSPS) is 15.4. The van der Waals surface area contributed by atoms with E-state index in [-0.39, 0.29) is 5.25 Å². The fraction of sp³-hybridized carbons (Fsp3) is 1.00. The van der Waals surface area contributed by atoms with Gasteiger partial charge in [-0.15, -0.1) is 0 Å². The highest BCUT2D eigenvalue weighted by atomic mass is 32.2. The zero-order chi connectivity index (χ0) is 10.8. The van der Waals surface area contributed by atoms with Gasteiger partial charge in [0.25, 0.3) is 0 Å². The Balaban J connectivity index is 3.34. The molecule has 2 unspecified atom stereocenters. The van der Waals surface area contributed by atoms with Crippen molar-refractivity contribution in [3.8, 4) is 0 Å². The fourth-order valence-electron chi connectivity index (χ4n) is 1.06. The first-order chi connectivity index (χ1) is 6.72. The quantitative estimate of drug-likeness (QED) is 0.597. The summed E-state index contributed by atoms with van der Waals surface area (Å²) in [7, 11) is -0.775. The maximum absolute atomic E-state index is 11.5. The summed E-state index contributed by atoms with van der Waals surface area (Å²) in [6, 6.07) is 0. The van der Waals surface area contributed by atoms with Crippen LogP contribution >= 0.6 is 0 Å². The number of hydrogen-bond donors (Lipinski definition) is 1. The van der Waals surface area contributed by atoms with E-state index in [9.17, 15) is 4.21 Å². The molecule has 2 N–H and O–H groups in total. The van der Waals surface area contributed by atoms with Crippen molar-refractivity contribution in [3.63, 3.8) is 0 Å². The Morgan fingerprint density at radius 2 is 2.14 bits per heavy atom. The van der Waals surface area contributed by atoms with E-state index in [1.807, 2.05) is 6.92 Å². The molecule has 0 radical (unpaired) electrons. The van der Waals surface area contributed by atoms with Crippen LogP contribution in [0.3, 0.4) is 0 Å². The summed E-state index contributed by atoms with van der Waals surface area (Å²) < 4.78 is 16.9. The Labute approximate surface area is 89.9 Å². The number of unbranched alkanes of at least 4 members (excludes halogenated alkanes) is 1. The minimum Gasteiger partial charge on any atom is -0.380 e. The van der Waals surface area contributed by atoms with E-state index in [4.69, 9.17) is 10.5 Å². The summed E-state index contributed by atoms with van der Waals surface area (Å²) in [4.78, 5) is 0. The topological polar surface area (TPSA) is 52.3 Å². The third-order valence-electron chi connectivity index (χ3n) is 2.09. The molecule has 0 aliphatic heterocycles. The van der Waals surface area contributed by atoms with Crippen molar-refractivity contribution in [2.24, 2.45) is 5.73 Å². The SMILES string of the molecule is CCCCOCCS(=O)C(C)CCN. The van der Waals surface area contributed by atoms with Crippen LogP contribution in [0.1, 0.15) is 33.1 Å². The van der Waals surface area contributed by atoms with Crippen molar-refractivity contribution < 1.29 is 8.95 Å². The Bertz CT molecular complexity index is 153. The lowest BCUT2D eigenvalue weighted by molar-refractivity contribution is 0.146. The molecule has 0 aromatic rings. The first kappa shape index (κ1) is 14.1. The molecule has 0 spiro atoms. The van der Waals surface area contributed by atoms with E-state index in [0.717, 1.165) is 25.9 Å². The van der Waals surface area contributed by atoms with Crippen LogP contribution in [0.5, 0.6) is 0 Å². The molecule has 0 aliphatic carbocycles. The van der Waals surface area contributed by atoms with E-state index < -0.39 is 10.8 Å². The van der Waals surface area contributed by atoms with Crippen LogP contribution in [0.15, 0.2) is 0 Å². The Kier molecular flexibility index (Phi) is 9.67. The molecular formula is C10H23NO2S. The monoisotopic (exact) mass is 221 g/mol. The predicted octanol–water partition coefficient (Wildman–Crippen LogP) is 1.29. The number of rotatable bonds is 9. The molecule has 0 bridgehead atoms. The smallest absolute Gasteiger partial charge is 0.0581 e. The summed E-state index contributed by atoms with van der Waals surface area (Å²) in [5, 5.41) is 0.203. The maximum Gasteiger partial charge on any atom is 0.0581 e. The van der Waals surface area contributed by atoms with Crippen LogP contribution in [0.4, 0.5) is 0 Å². The average molecular weight is 221 g/mol. The molecule has 4 heteroatoms. The van der Waals surface area contributed by atoms with Crippen LogP contribution in [0, 0.1) is 0 Å². The van der Waals surface area contributed by atoms with Gasteiger partial charge < -0.3 is 10.5 Å². The van der Waals surface area contributed by atoms with E-state index in [0.29, 0.717) is 18.9 Å². The van der Waals surface area contributed by atoms with Crippen LogP contribution in [0.2, 0.25) is 0 Å². The molecule has 0 amide bonds. The molecule has 0 saturated carbocycles. The van der Waals surface area contributed by atoms with Crippen molar-refractivity contribution in [3.05, 3.63) is 0 Å². The van der Waals surface area contributed by atoms with Crippen molar-refractivity contribution >= 4 is 10.8 Å². The van der Waals surface area contributed by atoms with Gasteiger partial charge in [-0.25, -0.2) is 0 Å². The van der Waals surface area contributed by atoms with Gasteiger partial charge in [0, 0.05) is 28.4 Å². The number of hydrogen-bond acceptors (Lipinski definition) is 3. The molecule has 0 aromatic carbocycles. The average Bonchev–Trinajstić information content (AvgIpc) is 2.17. The minimum absolute atomic E-state index is 0.203. The van der Waals surface area contributed by atoms with Crippen LogP contribution in [-0.2, 0) is 15.5 Å². The van der Waals surface area contributed by atoms with Crippen LogP contribution in [-0.4, -0.2) is 35.0 Å². The lowest BCUT2D eigenvalue weighted by Gasteiger charge is -2.09. The highest BCUT2D eigenvalue weighted by Gasteiger charge is 2.09. The molecule has 0 rings (SSSR count).